The Bertz CT molecular complexity index is 732. The highest BCUT2D eigenvalue weighted by Gasteiger charge is 2.05. The van der Waals surface area contributed by atoms with Gasteiger partial charge in [0.05, 0.1) is 11.6 Å². The quantitative estimate of drug-likeness (QED) is 0.616. The lowest BCUT2D eigenvalue weighted by Gasteiger charge is -1.93. The van der Waals surface area contributed by atoms with Crippen molar-refractivity contribution in [3.05, 3.63) is 41.6 Å². The van der Waals surface area contributed by atoms with Gasteiger partial charge in [-0.05, 0) is 36.8 Å². The average Bonchev–Trinajstić information content (AvgIpc) is 2.66. The second-order valence-electron chi connectivity index (χ2n) is 3.91. The van der Waals surface area contributed by atoms with Gasteiger partial charge in [0.1, 0.15) is 5.65 Å². The Labute approximate surface area is 92.3 Å². The van der Waals surface area contributed by atoms with Crippen LogP contribution >= 0.6 is 0 Å². The predicted octanol–water partition coefficient (Wildman–Crippen LogP) is 2.90. The molecule has 0 amide bonds. The summed E-state index contributed by atoms with van der Waals surface area (Å²) in [5.74, 6) is 0. The van der Waals surface area contributed by atoms with Crippen molar-refractivity contribution in [2.45, 2.75) is 6.92 Å². The van der Waals surface area contributed by atoms with E-state index in [2.05, 4.69) is 22.1 Å². The van der Waals surface area contributed by atoms with Crippen molar-refractivity contribution in [1.82, 2.24) is 9.97 Å². The molecule has 0 aliphatic carbocycles. The van der Waals surface area contributed by atoms with Gasteiger partial charge >= 0.3 is 0 Å². The number of benzene rings is 1. The topological polar surface area (TPSA) is 52.5 Å². The third-order valence-corrected chi connectivity index (χ3v) is 2.72. The number of aromatic amines is 1. The maximum absolute atomic E-state index is 8.89. The van der Waals surface area contributed by atoms with Crippen LogP contribution in [0.25, 0.3) is 21.9 Å². The molecule has 0 aliphatic rings. The van der Waals surface area contributed by atoms with Gasteiger partial charge in [0.15, 0.2) is 0 Å². The van der Waals surface area contributed by atoms with Crippen molar-refractivity contribution in [3.8, 4) is 6.07 Å². The molecule has 0 radical (unpaired) electrons. The number of rotatable bonds is 0. The van der Waals surface area contributed by atoms with E-state index in [1.165, 1.54) is 0 Å². The normalized spacial score (nSPS) is 10.8. The lowest BCUT2D eigenvalue weighted by Crippen LogP contribution is -1.77. The van der Waals surface area contributed by atoms with Crippen LogP contribution in [0.4, 0.5) is 0 Å². The van der Waals surface area contributed by atoms with Crippen LogP contribution in [0, 0.1) is 18.3 Å². The number of fused-ring (bicyclic) bond motifs is 3. The van der Waals surface area contributed by atoms with E-state index in [0.29, 0.717) is 5.56 Å². The highest BCUT2D eigenvalue weighted by Crippen LogP contribution is 2.25. The summed E-state index contributed by atoms with van der Waals surface area (Å²) < 4.78 is 0. The number of hydrogen-bond donors (Lipinski definition) is 1. The van der Waals surface area contributed by atoms with E-state index in [1.807, 2.05) is 31.3 Å². The molecule has 0 unspecified atom stereocenters. The van der Waals surface area contributed by atoms with E-state index in [-0.39, 0.29) is 0 Å². The van der Waals surface area contributed by atoms with Crippen LogP contribution in [0.15, 0.2) is 30.5 Å². The van der Waals surface area contributed by atoms with E-state index in [0.717, 1.165) is 27.5 Å². The molecule has 0 spiro atoms. The fourth-order valence-corrected chi connectivity index (χ4v) is 1.95. The third-order valence-electron chi connectivity index (χ3n) is 2.72. The van der Waals surface area contributed by atoms with E-state index < -0.39 is 0 Å². The number of hydrogen-bond acceptors (Lipinski definition) is 2. The highest BCUT2D eigenvalue weighted by atomic mass is 14.8. The molecule has 3 aromatic rings. The molecule has 2 aromatic heterocycles. The van der Waals surface area contributed by atoms with Crippen LogP contribution in [-0.2, 0) is 0 Å². The van der Waals surface area contributed by atoms with Crippen molar-refractivity contribution < 1.29 is 0 Å². The second kappa shape index (κ2) is 3.07. The lowest BCUT2D eigenvalue weighted by molar-refractivity contribution is 1.30. The van der Waals surface area contributed by atoms with Gasteiger partial charge in [0, 0.05) is 22.5 Å². The fourth-order valence-electron chi connectivity index (χ4n) is 1.95. The molecule has 3 nitrogen and oxygen atoms in total. The van der Waals surface area contributed by atoms with Gasteiger partial charge in [-0.2, -0.15) is 5.26 Å². The van der Waals surface area contributed by atoms with E-state index in [1.54, 1.807) is 0 Å². The molecule has 0 saturated heterocycles. The van der Waals surface area contributed by atoms with Crippen LogP contribution in [0.1, 0.15) is 11.1 Å². The van der Waals surface area contributed by atoms with Crippen LogP contribution in [0.3, 0.4) is 0 Å². The molecule has 1 N–H and O–H groups in total. The minimum absolute atomic E-state index is 0.676. The minimum atomic E-state index is 0.676. The summed E-state index contributed by atoms with van der Waals surface area (Å²) in [6, 6.07) is 9.87. The summed E-state index contributed by atoms with van der Waals surface area (Å²) in [6.07, 6.45) is 1.84. The minimum Gasteiger partial charge on any atom is -0.339 e. The molecule has 1 aromatic carbocycles. The molecule has 0 saturated carbocycles. The van der Waals surface area contributed by atoms with Crippen molar-refractivity contribution in [3.63, 3.8) is 0 Å². The predicted molar refractivity (Wildman–Crippen MR) is 63.1 cm³/mol. The van der Waals surface area contributed by atoms with Gasteiger partial charge < -0.3 is 4.98 Å². The van der Waals surface area contributed by atoms with Crippen molar-refractivity contribution >= 4 is 21.9 Å². The molecule has 3 heteroatoms. The zero-order valence-corrected chi connectivity index (χ0v) is 8.78. The standard InChI is InChI=1S/C13H9N3/c1-8-4-11-10-5-9(6-14)2-3-12(10)16-13(11)15-7-8/h2-5,7H,1H3,(H,15,16). The van der Waals surface area contributed by atoms with Crippen molar-refractivity contribution in [2.24, 2.45) is 0 Å². The van der Waals surface area contributed by atoms with Gasteiger partial charge in [-0.15, -0.1) is 0 Å². The average molecular weight is 207 g/mol. The van der Waals surface area contributed by atoms with Gasteiger partial charge in [-0.1, -0.05) is 0 Å². The molecule has 0 bridgehead atoms. The SMILES string of the molecule is Cc1cnc2[nH]c3ccc(C#N)cc3c2c1. The molecular weight excluding hydrogens is 198 g/mol. The molecule has 0 fully saturated rings. The summed E-state index contributed by atoms with van der Waals surface area (Å²) in [5.41, 5.74) is 3.69. The van der Waals surface area contributed by atoms with Gasteiger partial charge in [0.2, 0.25) is 0 Å². The Morgan fingerprint density at radius 1 is 1.25 bits per heavy atom. The first kappa shape index (κ1) is 8.93. The number of H-pyrrole nitrogens is 1. The first-order chi connectivity index (χ1) is 7.78. The number of nitriles is 1. The Morgan fingerprint density at radius 2 is 2.12 bits per heavy atom. The summed E-state index contributed by atoms with van der Waals surface area (Å²) in [6.45, 7) is 2.01. The number of pyridine rings is 1. The lowest BCUT2D eigenvalue weighted by atomic mass is 10.1. The third kappa shape index (κ3) is 1.17. The first-order valence-electron chi connectivity index (χ1n) is 5.06. The number of aromatic nitrogens is 2. The molecule has 0 aliphatic heterocycles. The Hall–Kier alpha value is -2.34. The van der Waals surface area contributed by atoms with Crippen LogP contribution < -0.4 is 0 Å². The summed E-state index contributed by atoms with van der Waals surface area (Å²) >= 11 is 0. The fraction of sp³-hybridized carbons (Fsp3) is 0.0769. The van der Waals surface area contributed by atoms with Crippen LogP contribution in [0.2, 0.25) is 0 Å². The van der Waals surface area contributed by atoms with Gasteiger partial charge in [0.25, 0.3) is 0 Å². The maximum atomic E-state index is 8.89. The van der Waals surface area contributed by atoms with Crippen molar-refractivity contribution in [2.75, 3.05) is 0 Å². The van der Waals surface area contributed by atoms with Gasteiger partial charge in [-0.25, -0.2) is 4.98 Å². The molecular formula is C13H9N3. The molecule has 3 rings (SSSR count). The monoisotopic (exact) mass is 207 g/mol. The summed E-state index contributed by atoms with van der Waals surface area (Å²) in [7, 11) is 0. The molecule has 16 heavy (non-hydrogen) atoms. The maximum Gasteiger partial charge on any atom is 0.138 e. The zero-order valence-electron chi connectivity index (χ0n) is 8.78. The molecule has 2 heterocycles. The number of nitrogens with one attached hydrogen (secondary N) is 1. The van der Waals surface area contributed by atoms with Crippen LogP contribution in [-0.4, -0.2) is 9.97 Å². The Kier molecular flexibility index (Phi) is 1.72. The number of nitrogens with zero attached hydrogens (tertiary/aromatic N) is 2. The second-order valence-corrected chi connectivity index (χ2v) is 3.91. The Balaban J connectivity index is 2.50. The first-order valence-corrected chi connectivity index (χ1v) is 5.06. The molecule has 76 valence electrons. The highest BCUT2D eigenvalue weighted by molar-refractivity contribution is 6.06. The van der Waals surface area contributed by atoms with E-state index in [4.69, 9.17) is 5.26 Å². The van der Waals surface area contributed by atoms with Crippen LogP contribution in [0.5, 0.6) is 0 Å². The largest absolute Gasteiger partial charge is 0.339 e. The van der Waals surface area contributed by atoms with E-state index in [9.17, 15) is 0 Å². The molecule has 0 atom stereocenters. The van der Waals surface area contributed by atoms with Gasteiger partial charge in [-0.3, -0.25) is 0 Å². The Morgan fingerprint density at radius 3 is 2.94 bits per heavy atom. The summed E-state index contributed by atoms with van der Waals surface area (Å²) in [4.78, 5) is 7.57. The van der Waals surface area contributed by atoms with E-state index >= 15 is 0 Å². The van der Waals surface area contributed by atoms with Crippen molar-refractivity contribution in [1.29, 1.82) is 5.26 Å². The summed E-state index contributed by atoms with van der Waals surface area (Å²) in [5, 5.41) is 11.0. The number of aryl methyl sites for hydroxylation is 1. The zero-order chi connectivity index (χ0) is 11.1. The smallest absolute Gasteiger partial charge is 0.138 e.